The van der Waals surface area contributed by atoms with Crippen LogP contribution in [0.5, 0.6) is 0 Å². The lowest BCUT2D eigenvalue weighted by Crippen LogP contribution is -2.54. The molecule has 0 spiro atoms. The van der Waals surface area contributed by atoms with Gasteiger partial charge in [-0.1, -0.05) is 185 Å². The van der Waals surface area contributed by atoms with Crippen molar-refractivity contribution in [3.05, 3.63) is 228 Å². The SMILES string of the molecule is Cc1c(-c2ccc3c(-c4cccc5ccccc45)c4cc(-c5cc6c(c(C)c5C)N(c5ccccc5)C5(C)CCCCC65C)ccc4c(-c4cccc5ccccc45)c3c2)cc2c(c1C)N(c1ccccc1)C1(C)CCCCC21C. The monoisotopic (exact) mass is 1040 g/mol. The lowest BCUT2D eigenvalue weighted by molar-refractivity contribution is 0.195. The number of benzene rings is 11. The number of anilines is 4. The molecule has 15 rings (SSSR count). The topological polar surface area (TPSA) is 6.48 Å². The van der Waals surface area contributed by atoms with Gasteiger partial charge in [-0.2, -0.15) is 0 Å². The molecule has 0 amide bonds. The van der Waals surface area contributed by atoms with Crippen molar-refractivity contribution >= 4 is 65.8 Å². The van der Waals surface area contributed by atoms with Crippen LogP contribution < -0.4 is 9.80 Å². The molecule has 80 heavy (non-hydrogen) atoms. The first-order valence-corrected chi connectivity index (χ1v) is 29.9. The zero-order chi connectivity index (χ0) is 54.5. The average molecular weight is 1040 g/mol. The molecule has 2 nitrogen and oxygen atoms in total. The maximum Gasteiger partial charge on any atom is 0.0518 e. The second-order valence-corrected chi connectivity index (χ2v) is 25.4. The van der Waals surface area contributed by atoms with E-state index in [9.17, 15) is 0 Å². The highest BCUT2D eigenvalue weighted by Gasteiger charge is 2.60. The minimum Gasteiger partial charge on any atom is -0.334 e. The first-order chi connectivity index (χ1) is 38.8. The minimum absolute atomic E-state index is 0.00513. The van der Waals surface area contributed by atoms with E-state index in [1.54, 1.807) is 0 Å². The summed E-state index contributed by atoms with van der Waals surface area (Å²) in [5.74, 6) is 0. The molecule has 394 valence electrons. The summed E-state index contributed by atoms with van der Waals surface area (Å²) in [7, 11) is 0. The molecule has 11 aromatic carbocycles. The van der Waals surface area contributed by atoms with E-state index in [1.807, 2.05) is 0 Å². The van der Waals surface area contributed by atoms with Gasteiger partial charge in [0, 0.05) is 33.6 Å². The van der Waals surface area contributed by atoms with Crippen LogP contribution in [-0.4, -0.2) is 11.1 Å². The van der Waals surface area contributed by atoms with Gasteiger partial charge < -0.3 is 9.80 Å². The number of para-hydroxylation sites is 2. The Bertz CT molecular complexity index is 4090. The molecule has 2 saturated carbocycles. The highest BCUT2D eigenvalue weighted by atomic mass is 15.3. The molecule has 4 aliphatic rings. The van der Waals surface area contributed by atoms with E-state index < -0.39 is 0 Å². The maximum atomic E-state index is 2.75. The normalized spacial score (nSPS) is 22.2. The average Bonchev–Trinajstić information content (AvgIpc) is 3.90. The van der Waals surface area contributed by atoms with Crippen molar-refractivity contribution in [2.45, 2.75) is 129 Å². The van der Waals surface area contributed by atoms with Crippen molar-refractivity contribution in [2.75, 3.05) is 9.80 Å². The Hall–Kier alpha value is -7.94. The van der Waals surface area contributed by atoms with Crippen molar-refractivity contribution in [1.82, 2.24) is 0 Å². The van der Waals surface area contributed by atoms with Gasteiger partial charge in [-0.15, -0.1) is 0 Å². The maximum absolute atomic E-state index is 2.75. The second-order valence-electron chi connectivity index (χ2n) is 25.4. The Balaban J connectivity index is 1.02. The molecule has 2 fully saturated rings. The fraction of sp³-hybridized carbons (Fsp3) is 0.256. The fourth-order valence-corrected chi connectivity index (χ4v) is 16.9. The van der Waals surface area contributed by atoms with E-state index in [-0.39, 0.29) is 21.9 Å². The van der Waals surface area contributed by atoms with Crippen molar-refractivity contribution < 1.29 is 0 Å². The van der Waals surface area contributed by atoms with Crippen LogP contribution >= 0.6 is 0 Å². The van der Waals surface area contributed by atoms with Crippen LogP contribution in [0.2, 0.25) is 0 Å². The third-order valence-corrected chi connectivity index (χ3v) is 21.8. The predicted molar refractivity (Wildman–Crippen MR) is 343 cm³/mol. The van der Waals surface area contributed by atoms with Crippen LogP contribution in [0, 0.1) is 27.7 Å². The van der Waals surface area contributed by atoms with E-state index in [1.165, 1.54) is 195 Å². The summed E-state index contributed by atoms with van der Waals surface area (Å²) >= 11 is 0. The van der Waals surface area contributed by atoms with Gasteiger partial charge in [0.05, 0.1) is 11.1 Å². The molecular weight excluding hydrogens is 965 g/mol. The van der Waals surface area contributed by atoms with Crippen molar-refractivity contribution in [2.24, 2.45) is 0 Å². The van der Waals surface area contributed by atoms with Crippen LogP contribution in [0.4, 0.5) is 22.7 Å². The summed E-state index contributed by atoms with van der Waals surface area (Å²) in [6.45, 7) is 19.9. The predicted octanol–water partition coefficient (Wildman–Crippen LogP) is 21.7. The lowest BCUT2D eigenvalue weighted by Gasteiger charge is -2.50. The number of hydrogen-bond acceptors (Lipinski definition) is 2. The van der Waals surface area contributed by atoms with E-state index in [4.69, 9.17) is 0 Å². The molecule has 4 atom stereocenters. The summed E-state index contributed by atoms with van der Waals surface area (Å²) in [6.07, 6.45) is 9.73. The van der Waals surface area contributed by atoms with Crippen molar-refractivity contribution in [3.8, 4) is 44.5 Å². The molecule has 0 bridgehead atoms. The van der Waals surface area contributed by atoms with Gasteiger partial charge in [-0.25, -0.2) is 0 Å². The molecule has 2 aliphatic heterocycles. The van der Waals surface area contributed by atoms with Gasteiger partial charge in [0.25, 0.3) is 0 Å². The third-order valence-electron chi connectivity index (χ3n) is 21.8. The van der Waals surface area contributed by atoms with Gasteiger partial charge in [-0.3, -0.25) is 0 Å². The van der Waals surface area contributed by atoms with Crippen molar-refractivity contribution in [3.63, 3.8) is 0 Å². The molecule has 0 aromatic heterocycles. The molecule has 2 heteroatoms. The summed E-state index contributed by atoms with van der Waals surface area (Å²) < 4.78 is 0. The summed E-state index contributed by atoms with van der Waals surface area (Å²) in [4.78, 5) is 5.50. The number of nitrogens with zero attached hydrogens (tertiary/aromatic N) is 2. The quantitative estimate of drug-likeness (QED) is 0.153. The van der Waals surface area contributed by atoms with Crippen LogP contribution in [0.25, 0.3) is 87.6 Å². The van der Waals surface area contributed by atoms with E-state index in [0.29, 0.717) is 0 Å². The molecule has 0 saturated heterocycles. The molecule has 11 aromatic rings. The smallest absolute Gasteiger partial charge is 0.0518 e. The summed E-state index contributed by atoms with van der Waals surface area (Å²) in [5, 5.41) is 10.2. The van der Waals surface area contributed by atoms with E-state index >= 15 is 0 Å². The Morgan fingerprint density at radius 2 is 0.688 bits per heavy atom. The van der Waals surface area contributed by atoms with Gasteiger partial charge in [0.1, 0.15) is 0 Å². The highest BCUT2D eigenvalue weighted by molar-refractivity contribution is 6.26. The van der Waals surface area contributed by atoms with E-state index in [2.05, 4.69) is 259 Å². The minimum atomic E-state index is -0.0330. The Labute approximate surface area is 473 Å². The van der Waals surface area contributed by atoms with Gasteiger partial charge in [-0.05, 0) is 237 Å². The van der Waals surface area contributed by atoms with Gasteiger partial charge >= 0.3 is 0 Å². The standard InChI is InChI=1S/C78H72N2/c1-49-51(3)73-69(75(5)41-19-21-43-77(75,7)79(73)57-29-11-9-12-30-57)47-65(49)55-37-39-63-67(45-55)71(61-35-23-27-53-25-15-17-33-59(53)61)64-40-38-56(46-68(64)72(63)62-36-24-28-54-26-16-18-34-60(54)62)66-48-70-74(52(4)50(66)2)80(58-31-13-10-14-32-58)78(8)44-22-20-42-76(70,78)6/h9-18,23-40,45-48H,19-22,41-44H2,1-8H3. The number of rotatable bonds is 6. The Morgan fingerprint density at radius 1 is 0.312 bits per heavy atom. The van der Waals surface area contributed by atoms with Crippen LogP contribution in [0.1, 0.15) is 112 Å². The molecule has 2 aliphatic carbocycles. The van der Waals surface area contributed by atoms with Gasteiger partial charge in [0.2, 0.25) is 0 Å². The van der Waals surface area contributed by atoms with Gasteiger partial charge in [0.15, 0.2) is 0 Å². The fourth-order valence-electron chi connectivity index (χ4n) is 16.9. The molecule has 0 N–H and O–H groups in total. The van der Waals surface area contributed by atoms with Crippen LogP contribution in [-0.2, 0) is 10.8 Å². The largest absolute Gasteiger partial charge is 0.334 e. The summed E-state index contributed by atoms with van der Waals surface area (Å²) in [6, 6.07) is 74.8. The van der Waals surface area contributed by atoms with Crippen LogP contribution in [0.15, 0.2) is 194 Å². The molecular formula is C78H72N2. The molecule has 2 heterocycles. The Kier molecular flexibility index (Phi) is 10.9. The zero-order valence-corrected chi connectivity index (χ0v) is 48.0. The highest BCUT2D eigenvalue weighted by Crippen LogP contribution is 2.65. The first kappa shape index (κ1) is 49.1. The third kappa shape index (κ3) is 6.66. The number of hydrogen-bond donors (Lipinski definition) is 0. The van der Waals surface area contributed by atoms with E-state index in [0.717, 1.165) is 0 Å². The Morgan fingerprint density at radius 3 is 1.11 bits per heavy atom. The second kappa shape index (κ2) is 17.8. The van der Waals surface area contributed by atoms with Crippen LogP contribution in [0.3, 0.4) is 0 Å². The summed E-state index contributed by atoms with van der Waals surface area (Å²) in [5.41, 5.74) is 24.3. The molecule has 4 unspecified atom stereocenters. The number of fused-ring (bicyclic) bond motifs is 10. The van der Waals surface area contributed by atoms with Crippen molar-refractivity contribution in [1.29, 1.82) is 0 Å². The first-order valence-electron chi connectivity index (χ1n) is 29.9. The zero-order valence-electron chi connectivity index (χ0n) is 48.0. The molecule has 0 radical (unpaired) electrons. The lowest BCUT2D eigenvalue weighted by atomic mass is 9.61.